The number of benzene rings is 1. The quantitative estimate of drug-likeness (QED) is 0.148. The molecule has 0 aliphatic carbocycles. The van der Waals surface area contributed by atoms with Crippen molar-refractivity contribution in [1.29, 1.82) is 0 Å². The summed E-state index contributed by atoms with van der Waals surface area (Å²) in [5, 5.41) is 6.59. The summed E-state index contributed by atoms with van der Waals surface area (Å²) in [4.78, 5) is 4.70. The Morgan fingerprint density at radius 3 is 2.24 bits per heavy atom. The number of ether oxygens (including phenoxy) is 3. The predicted octanol–water partition coefficient (Wildman–Crippen LogP) is 4.12. The van der Waals surface area contributed by atoms with Crippen molar-refractivity contribution in [3.8, 4) is 0 Å². The van der Waals surface area contributed by atoms with Crippen molar-refractivity contribution in [1.82, 2.24) is 10.6 Å². The summed E-state index contributed by atoms with van der Waals surface area (Å²) in [6, 6.07) is 8.31. The molecule has 168 valence electrons. The molecule has 0 unspecified atom stereocenters. The van der Waals surface area contributed by atoms with E-state index in [0.717, 1.165) is 45.0 Å². The maximum Gasteiger partial charge on any atom is 0.191 e. The minimum atomic E-state index is 0. The van der Waals surface area contributed by atoms with Gasteiger partial charge in [-0.15, -0.1) is 24.0 Å². The van der Waals surface area contributed by atoms with E-state index in [1.54, 1.807) is 0 Å². The number of hydrogen-bond donors (Lipinski definition) is 2. The second kappa shape index (κ2) is 20.4. The molecule has 6 nitrogen and oxygen atoms in total. The summed E-state index contributed by atoms with van der Waals surface area (Å²) >= 11 is 0. The lowest BCUT2D eigenvalue weighted by molar-refractivity contribution is 0.0487. The van der Waals surface area contributed by atoms with Gasteiger partial charge in [0.25, 0.3) is 0 Å². The fourth-order valence-electron chi connectivity index (χ4n) is 2.49. The summed E-state index contributed by atoms with van der Waals surface area (Å²) in [6.07, 6.45) is 3.30. The van der Waals surface area contributed by atoms with Crippen LogP contribution in [0.3, 0.4) is 0 Å². The molecule has 0 amide bonds. The molecule has 0 aliphatic rings. The Bertz CT molecular complexity index is 530. The van der Waals surface area contributed by atoms with Crippen LogP contribution < -0.4 is 10.6 Å². The molecule has 0 spiro atoms. The first-order valence-corrected chi connectivity index (χ1v) is 10.6. The number of hydrogen-bond acceptors (Lipinski definition) is 4. The molecule has 0 heterocycles. The van der Waals surface area contributed by atoms with E-state index in [2.05, 4.69) is 43.5 Å². The first kappa shape index (κ1) is 28.1. The Labute approximate surface area is 194 Å². The fraction of sp³-hybridized carbons (Fsp3) is 0.682. The van der Waals surface area contributed by atoms with Crippen LogP contribution in [0.4, 0.5) is 0 Å². The largest absolute Gasteiger partial charge is 0.379 e. The van der Waals surface area contributed by atoms with Crippen molar-refractivity contribution < 1.29 is 14.2 Å². The van der Waals surface area contributed by atoms with E-state index in [4.69, 9.17) is 19.2 Å². The molecular formula is C22H40IN3O3. The topological polar surface area (TPSA) is 64.1 Å². The van der Waals surface area contributed by atoms with Crippen LogP contribution in [-0.4, -0.2) is 52.1 Å². The predicted molar refractivity (Wildman–Crippen MR) is 131 cm³/mol. The van der Waals surface area contributed by atoms with Crippen LogP contribution in [-0.2, 0) is 27.4 Å². The van der Waals surface area contributed by atoms with Crippen molar-refractivity contribution >= 4 is 29.9 Å². The number of unbranched alkanes of at least 4 members (excludes halogenated alkanes) is 1. The molecule has 0 fully saturated rings. The summed E-state index contributed by atoms with van der Waals surface area (Å²) in [7, 11) is 0. The molecule has 1 aromatic carbocycles. The summed E-state index contributed by atoms with van der Waals surface area (Å²) < 4.78 is 16.8. The fourth-order valence-corrected chi connectivity index (χ4v) is 2.49. The number of guanidine groups is 1. The van der Waals surface area contributed by atoms with Crippen molar-refractivity contribution in [3.63, 3.8) is 0 Å². The second-order valence-corrected chi connectivity index (χ2v) is 6.52. The molecule has 1 aromatic rings. The molecule has 1 rings (SSSR count). The highest BCUT2D eigenvalue weighted by Crippen LogP contribution is 2.11. The third-order valence-electron chi connectivity index (χ3n) is 4.03. The zero-order valence-corrected chi connectivity index (χ0v) is 20.7. The van der Waals surface area contributed by atoms with Crippen molar-refractivity contribution in [2.45, 2.75) is 53.2 Å². The lowest BCUT2D eigenvalue weighted by atomic mass is 10.1. The molecular weight excluding hydrogens is 481 g/mol. The maximum atomic E-state index is 5.69. The van der Waals surface area contributed by atoms with Gasteiger partial charge in [0, 0.05) is 26.3 Å². The zero-order valence-electron chi connectivity index (χ0n) is 18.4. The molecule has 29 heavy (non-hydrogen) atoms. The standard InChI is InChI=1S/C22H39N3O3.HI/c1-4-7-14-26-16-17-27-15-12-24-22(23-6-3)25-18-20-10-8-9-11-21(20)19-28-13-5-2;/h8-11H,4-7,12-19H2,1-3H3,(H2,23,24,25);1H. The van der Waals surface area contributed by atoms with Gasteiger partial charge in [-0.1, -0.05) is 44.5 Å². The molecule has 0 bridgehead atoms. The van der Waals surface area contributed by atoms with E-state index in [1.165, 1.54) is 11.1 Å². The number of nitrogens with one attached hydrogen (secondary N) is 2. The number of halogens is 1. The lowest BCUT2D eigenvalue weighted by Gasteiger charge is -2.13. The van der Waals surface area contributed by atoms with Gasteiger partial charge in [-0.2, -0.15) is 0 Å². The van der Waals surface area contributed by atoms with Gasteiger partial charge in [0.05, 0.1) is 33.0 Å². The zero-order chi connectivity index (χ0) is 20.3. The van der Waals surface area contributed by atoms with Crippen molar-refractivity contribution in [3.05, 3.63) is 35.4 Å². The molecule has 0 radical (unpaired) electrons. The number of nitrogens with zero attached hydrogens (tertiary/aromatic N) is 1. The highest BCUT2D eigenvalue weighted by Gasteiger charge is 2.03. The van der Waals surface area contributed by atoms with E-state index in [1.807, 2.05) is 12.1 Å². The Balaban J connectivity index is 0.00000784. The van der Waals surface area contributed by atoms with Gasteiger partial charge in [-0.05, 0) is 30.9 Å². The van der Waals surface area contributed by atoms with E-state index in [-0.39, 0.29) is 24.0 Å². The van der Waals surface area contributed by atoms with E-state index >= 15 is 0 Å². The average molecular weight is 521 g/mol. The van der Waals surface area contributed by atoms with Crippen LogP contribution in [0, 0.1) is 0 Å². The highest BCUT2D eigenvalue weighted by atomic mass is 127. The van der Waals surface area contributed by atoms with Crippen molar-refractivity contribution in [2.24, 2.45) is 4.99 Å². The summed E-state index contributed by atoms with van der Waals surface area (Å²) in [6.45, 7) is 12.6. The monoisotopic (exact) mass is 521 g/mol. The SMILES string of the molecule is CCCCOCCOCCNC(=NCc1ccccc1COCCC)NCC.I. The van der Waals surface area contributed by atoms with Gasteiger partial charge < -0.3 is 24.8 Å². The molecule has 2 N–H and O–H groups in total. The van der Waals surface area contributed by atoms with E-state index in [0.29, 0.717) is 39.5 Å². The molecule has 7 heteroatoms. The Morgan fingerprint density at radius 1 is 0.828 bits per heavy atom. The summed E-state index contributed by atoms with van der Waals surface area (Å²) in [5.41, 5.74) is 2.39. The van der Waals surface area contributed by atoms with Crippen LogP contribution in [0.5, 0.6) is 0 Å². The van der Waals surface area contributed by atoms with Gasteiger partial charge in [0.1, 0.15) is 0 Å². The first-order valence-electron chi connectivity index (χ1n) is 10.6. The number of rotatable bonds is 16. The lowest BCUT2D eigenvalue weighted by Crippen LogP contribution is -2.39. The van der Waals surface area contributed by atoms with Crippen molar-refractivity contribution in [2.75, 3.05) is 46.1 Å². The normalized spacial score (nSPS) is 11.2. The Hall–Kier alpha value is -0.900. The second-order valence-electron chi connectivity index (χ2n) is 6.52. The van der Waals surface area contributed by atoms with Gasteiger partial charge in [0.2, 0.25) is 0 Å². The minimum Gasteiger partial charge on any atom is -0.379 e. The van der Waals surface area contributed by atoms with Crippen LogP contribution in [0.1, 0.15) is 51.2 Å². The highest BCUT2D eigenvalue weighted by molar-refractivity contribution is 14.0. The van der Waals surface area contributed by atoms with Crippen LogP contribution >= 0.6 is 24.0 Å². The first-order chi connectivity index (χ1) is 13.8. The number of aliphatic imine (C=N–C) groups is 1. The minimum absolute atomic E-state index is 0. The van der Waals surface area contributed by atoms with Crippen LogP contribution in [0.15, 0.2) is 29.3 Å². The van der Waals surface area contributed by atoms with Crippen LogP contribution in [0.25, 0.3) is 0 Å². The van der Waals surface area contributed by atoms with Crippen LogP contribution in [0.2, 0.25) is 0 Å². The van der Waals surface area contributed by atoms with Gasteiger partial charge >= 0.3 is 0 Å². The molecule has 0 saturated heterocycles. The molecule has 0 saturated carbocycles. The van der Waals surface area contributed by atoms with Gasteiger partial charge in [0.15, 0.2) is 5.96 Å². The molecule has 0 aliphatic heterocycles. The van der Waals surface area contributed by atoms with E-state index in [9.17, 15) is 0 Å². The van der Waals surface area contributed by atoms with E-state index < -0.39 is 0 Å². The smallest absolute Gasteiger partial charge is 0.191 e. The molecule has 0 aromatic heterocycles. The maximum absolute atomic E-state index is 5.69. The average Bonchev–Trinajstić information content (AvgIpc) is 2.71. The Morgan fingerprint density at radius 2 is 1.55 bits per heavy atom. The third kappa shape index (κ3) is 14.7. The summed E-state index contributed by atoms with van der Waals surface area (Å²) in [5.74, 6) is 0.801. The molecule has 0 atom stereocenters. The third-order valence-corrected chi connectivity index (χ3v) is 4.03. The Kier molecular flexibility index (Phi) is 19.7. The van der Waals surface area contributed by atoms with Gasteiger partial charge in [-0.25, -0.2) is 4.99 Å². The van der Waals surface area contributed by atoms with Gasteiger partial charge in [-0.3, -0.25) is 0 Å².